The summed E-state index contributed by atoms with van der Waals surface area (Å²) < 4.78 is 1.78. The zero-order chi connectivity index (χ0) is 22.4. The van der Waals surface area contributed by atoms with Crippen molar-refractivity contribution in [3.05, 3.63) is 82.7 Å². The Morgan fingerprint density at radius 2 is 1.75 bits per heavy atom. The predicted octanol–water partition coefficient (Wildman–Crippen LogP) is 4.31. The highest BCUT2D eigenvalue weighted by molar-refractivity contribution is 5.99. The first-order valence-corrected chi connectivity index (χ1v) is 11.3. The number of carbonyl (C=O) groups excluding carboxylic acids is 2. The number of nitrogens with zero attached hydrogens (tertiary/aromatic N) is 4. The molecule has 0 saturated carbocycles. The van der Waals surface area contributed by atoms with Gasteiger partial charge in [0.1, 0.15) is 5.69 Å². The Kier molecular flexibility index (Phi) is 5.08. The number of fused-ring (bicyclic) bond motifs is 1. The number of amides is 2. The van der Waals surface area contributed by atoms with E-state index in [-0.39, 0.29) is 23.9 Å². The highest BCUT2D eigenvalue weighted by atomic mass is 16.2. The van der Waals surface area contributed by atoms with Crippen molar-refractivity contribution in [3.8, 4) is 5.69 Å². The van der Waals surface area contributed by atoms with E-state index in [2.05, 4.69) is 12.0 Å². The third kappa shape index (κ3) is 3.30. The van der Waals surface area contributed by atoms with Crippen LogP contribution in [0.5, 0.6) is 0 Å². The molecule has 0 aliphatic carbocycles. The standard InChI is InChI=1S/C26H28N4O2/c1-17-11-13-20(14-12-17)25(31)28-15-7-10-22(16-28)29-19(3)23-18(2)27-30(24(23)26(29)32)21-8-5-4-6-9-21/h4-6,8-9,11-14,19,22H,7,10,15-16H2,1-3H3. The molecule has 2 atom stereocenters. The summed E-state index contributed by atoms with van der Waals surface area (Å²) in [6.45, 7) is 7.35. The average Bonchev–Trinajstić information content (AvgIpc) is 3.29. The van der Waals surface area contributed by atoms with Crippen molar-refractivity contribution in [2.45, 2.75) is 45.7 Å². The first kappa shape index (κ1) is 20.5. The average molecular weight is 429 g/mol. The number of likely N-dealkylation sites (tertiary alicyclic amines) is 1. The number of hydrogen-bond donors (Lipinski definition) is 0. The van der Waals surface area contributed by atoms with Gasteiger partial charge in [0.15, 0.2) is 0 Å². The van der Waals surface area contributed by atoms with E-state index in [0.717, 1.165) is 41.9 Å². The summed E-state index contributed by atoms with van der Waals surface area (Å²) in [7, 11) is 0. The molecule has 2 unspecified atom stereocenters. The number of piperidine rings is 1. The van der Waals surface area contributed by atoms with Crippen molar-refractivity contribution < 1.29 is 9.59 Å². The van der Waals surface area contributed by atoms with Crippen LogP contribution in [0.15, 0.2) is 54.6 Å². The molecule has 5 rings (SSSR count). The van der Waals surface area contributed by atoms with E-state index in [1.165, 1.54) is 0 Å². The molecular weight excluding hydrogens is 400 g/mol. The molecule has 32 heavy (non-hydrogen) atoms. The monoisotopic (exact) mass is 428 g/mol. The molecule has 3 heterocycles. The summed E-state index contributed by atoms with van der Waals surface area (Å²) in [5.74, 6) is 0.0461. The Hall–Kier alpha value is -3.41. The van der Waals surface area contributed by atoms with Crippen molar-refractivity contribution in [1.82, 2.24) is 19.6 Å². The zero-order valence-corrected chi connectivity index (χ0v) is 18.8. The van der Waals surface area contributed by atoms with Crippen LogP contribution in [0, 0.1) is 13.8 Å². The highest BCUT2D eigenvalue weighted by Gasteiger charge is 2.44. The normalized spacial score (nSPS) is 20.5. The van der Waals surface area contributed by atoms with E-state index in [9.17, 15) is 9.59 Å². The van der Waals surface area contributed by atoms with Crippen LogP contribution in [0.25, 0.3) is 5.69 Å². The van der Waals surface area contributed by atoms with Crippen LogP contribution in [0.3, 0.4) is 0 Å². The first-order valence-electron chi connectivity index (χ1n) is 11.3. The molecule has 0 N–H and O–H groups in total. The maximum absolute atomic E-state index is 13.7. The van der Waals surface area contributed by atoms with Crippen LogP contribution in [0.4, 0.5) is 0 Å². The van der Waals surface area contributed by atoms with Gasteiger partial charge in [0.05, 0.1) is 23.5 Å². The number of rotatable bonds is 3. The Bertz CT molecular complexity index is 1170. The van der Waals surface area contributed by atoms with E-state index >= 15 is 0 Å². The smallest absolute Gasteiger partial charge is 0.273 e. The van der Waals surface area contributed by atoms with E-state index in [4.69, 9.17) is 0 Å². The lowest BCUT2D eigenvalue weighted by Gasteiger charge is -2.39. The van der Waals surface area contributed by atoms with E-state index in [0.29, 0.717) is 17.8 Å². The molecule has 2 aromatic carbocycles. The molecule has 2 aliphatic heterocycles. The summed E-state index contributed by atoms with van der Waals surface area (Å²) in [5, 5.41) is 4.68. The highest BCUT2D eigenvalue weighted by Crippen LogP contribution is 2.39. The van der Waals surface area contributed by atoms with Crippen LogP contribution >= 0.6 is 0 Å². The fourth-order valence-electron chi connectivity index (χ4n) is 5.17. The minimum absolute atomic E-state index is 0.00308. The lowest BCUT2D eigenvalue weighted by molar-refractivity contribution is 0.0418. The molecule has 2 aliphatic rings. The van der Waals surface area contributed by atoms with Gasteiger partial charge in [-0.15, -0.1) is 0 Å². The van der Waals surface area contributed by atoms with Crippen LogP contribution in [-0.4, -0.2) is 50.5 Å². The Labute approximate surface area is 188 Å². The van der Waals surface area contributed by atoms with Crippen molar-refractivity contribution in [1.29, 1.82) is 0 Å². The van der Waals surface area contributed by atoms with Gasteiger partial charge in [-0.05, 0) is 57.9 Å². The van der Waals surface area contributed by atoms with Crippen LogP contribution in [-0.2, 0) is 0 Å². The fraction of sp³-hybridized carbons (Fsp3) is 0.346. The second-order valence-electron chi connectivity index (χ2n) is 8.90. The predicted molar refractivity (Wildman–Crippen MR) is 123 cm³/mol. The summed E-state index contributed by atoms with van der Waals surface area (Å²) in [4.78, 5) is 30.6. The number of aromatic nitrogens is 2. The maximum Gasteiger partial charge on any atom is 0.273 e. The molecule has 1 saturated heterocycles. The molecule has 1 fully saturated rings. The third-order valence-corrected chi connectivity index (χ3v) is 6.76. The van der Waals surface area contributed by atoms with Gasteiger partial charge < -0.3 is 9.80 Å². The maximum atomic E-state index is 13.7. The second-order valence-corrected chi connectivity index (χ2v) is 8.90. The van der Waals surface area contributed by atoms with Crippen molar-refractivity contribution in [2.24, 2.45) is 0 Å². The van der Waals surface area contributed by atoms with Gasteiger partial charge in [0.2, 0.25) is 0 Å². The lowest BCUT2D eigenvalue weighted by atomic mass is 10.0. The lowest BCUT2D eigenvalue weighted by Crippen LogP contribution is -2.50. The van der Waals surface area contributed by atoms with Gasteiger partial charge in [-0.25, -0.2) is 4.68 Å². The van der Waals surface area contributed by atoms with Crippen molar-refractivity contribution in [3.63, 3.8) is 0 Å². The van der Waals surface area contributed by atoms with E-state index in [1.807, 2.05) is 78.2 Å². The van der Waals surface area contributed by atoms with E-state index in [1.54, 1.807) is 4.68 Å². The summed E-state index contributed by atoms with van der Waals surface area (Å²) in [5.41, 5.74) is 5.27. The van der Waals surface area contributed by atoms with Gasteiger partial charge in [-0.3, -0.25) is 9.59 Å². The minimum Gasteiger partial charge on any atom is -0.337 e. The van der Waals surface area contributed by atoms with Gasteiger partial charge in [0.25, 0.3) is 11.8 Å². The molecule has 0 spiro atoms. The van der Waals surface area contributed by atoms with E-state index < -0.39 is 0 Å². The fourth-order valence-corrected chi connectivity index (χ4v) is 5.17. The first-order chi connectivity index (χ1) is 15.5. The zero-order valence-electron chi connectivity index (χ0n) is 18.8. The van der Waals surface area contributed by atoms with Crippen LogP contribution < -0.4 is 0 Å². The Morgan fingerprint density at radius 1 is 1.03 bits per heavy atom. The molecular formula is C26H28N4O2. The number of aryl methyl sites for hydroxylation is 2. The van der Waals surface area contributed by atoms with Crippen LogP contribution in [0.1, 0.15) is 63.5 Å². The Morgan fingerprint density at radius 3 is 2.47 bits per heavy atom. The van der Waals surface area contributed by atoms with Crippen molar-refractivity contribution >= 4 is 11.8 Å². The molecule has 3 aromatic rings. The topological polar surface area (TPSA) is 58.4 Å². The van der Waals surface area contributed by atoms with Crippen molar-refractivity contribution in [2.75, 3.05) is 13.1 Å². The number of benzene rings is 2. The molecule has 164 valence electrons. The third-order valence-electron chi connectivity index (χ3n) is 6.76. The van der Waals surface area contributed by atoms with Gasteiger partial charge in [-0.1, -0.05) is 35.9 Å². The van der Waals surface area contributed by atoms with Crippen LogP contribution in [0.2, 0.25) is 0 Å². The van der Waals surface area contributed by atoms with Gasteiger partial charge in [-0.2, -0.15) is 5.10 Å². The number of hydrogen-bond acceptors (Lipinski definition) is 3. The molecule has 0 radical (unpaired) electrons. The SMILES string of the molecule is Cc1ccc(C(=O)N2CCCC(N3C(=O)c4c(c(C)nn4-c4ccccc4)C3C)C2)cc1. The summed E-state index contributed by atoms with van der Waals surface area (Å²) >= 11 is 0. The molecule has 1 aromatic heterocycles. The molecule has 0 bridgehead atoms. The molecule has 6 nitrogen and oxygen atoms in total. The largest absolute Gasteiger partial charge is 0.337 e. The quantitative estimate of drug-likeness (QED) is 0.625. The molecule has 2 amide bonds. The number of para-hydroxylation sites is 1. The Balaban J connectivity index is 1.42. The summed E-state index contributed by atoms with van der Waals surface area (Å²) in [6, 6.07) is 17.4. The minimum atomic E-state index is -0.0608. The second kappa shape index (κ2) is 7.93. The number of carbonyl (C=O) groups is 2. The van der Waals surface area contributed by atoms with Gasteiger partial charge in [0, 0.05) is 24.2 Å². The molecule has 6 heteroatoms. The van der Waals surface area contributed by atoms with Gasteiger partial charge >= 0.3 is 0 Å². The summed E-state index contributed by atoms with van der Waals surface area (Å²) in [6.07, 6.45) is 1.79.